The Bertz CT molecular complexity index is 393. The van der Waals surface area contributed by atoms with Gasteiger partial charge in [-0.1, -0.05) is 23.7 Å². The fourth-order valence-electron chi connectivity index (χ4n) is 0.922. The Morgan fingerprint density at radius 2 is 2.00 bits per heavy atom. The van der Waals surface area contributed by atoms with Crippen LogP contribution in [0.2, 0.25) is 5.02 Å². The van der Waals surface area contributed by atoms with Gasteiger partial charge in [0, 0.05) is 14.1 Å². The fraction of sp³-hybridized carbons (Fsp3) is 0.200. The number of hydrogen-bond donors (Lipinski definition) is 1. The fourth-order valence-corrected chi connectivity index (χ4v) is 1.24. The molecular formula is C10H11ClN2OS. The van der Waals surface area contributed by atoms with E-state index in [1.807, 2.05) is 0 Å². The number of amides is 1. The lowest BCUT2D eigenvalue weighted by Gasteiger charge is -2.14. The number of halogens is 1. The summed E-state index contributed by atoms with van der Waals surface area (Å²) in [4.78, 5) is 13.3. The van der Waals surface area contributed by atoms with E-state index in [4.69, 9.17) is 23.8 Å². The first-order valence-corrected chi connectivity index (χ1v) is 5.08. The van der Waals surface area contributed by atoms with Crippen LogP contribution in [-0.4, -0.2) is 30.0 Å². The van der Waals surface area contributed by atoms with Crippen molar-refractivity contribution in [3.63, 3.8) is 0 Å². The van der Waals surface area contributed by atoms with E-state index in [0.717, 1.165) is 0 Å². The number of nitrogens with zero attached hydrogens (tertiary/aromatic N) is 1. The van der Waals surface area contributed by atoms with Crippen molar-refractivity contribution in [1.29, 1.82) is 0 Å². The zero-order valence-corrected chi connectivity index (χ0v) is 10.0. The third-order valence-electron chi connectivity index (χ3n) is 1.75. The summed E-state index contributed by atoms with van der Waals surface area (Å²) < 4.78 is 0. The van der Waals surface area contributed by atoms with Crippen LogP contribution in [0.3, 0.4) is 0 Å². The van der Waals surface area contributed by atoms with Gasteiger partial charge in [-0.2, -0.15) is 0 Å². The van der Waals surface area contributed by atoms with Crippen molar-refractivity contribution in [2.75, 3.05) is 14.1 Å². The molecule has 0 aromatic heterocycles. The zero-order chi connectivity index (χ0) is 11.4. The first-order chi connectivity index (χ1) is 7.02. The summed E-state index contributed by atoms with van der Waals surface area (Å²) in [7, 11) is 3.52. The molecule has 1 N–H and O–H groups in total. The minimum atomic E-state index is -0.292. The molecule has 80 valence electrons. The van der Waals surface area contributed by atoms with Gasteiger partial charge in [0.15, 0.2) is 5.11 Å². The first-order valence-electron chi connectivity index (χ1n) is 4.29. The van der Waals surface area contributed by atoms with Crippen LogP contribution in [0.25, 0.3) is 0 Å². The maximum absolute atomic E-state index is 11.7. The Morgan fingerprint density at radius 3 is 2.53 bits per heavy atom. The van der Waals surface area contributed by atoms with Crippen molar-refractivity contribution in [1.82, 2.24) is 10.2 Å². The predicted octanol–water partition coefficient (Wildman–Crippen LogP) is 1.92. The SMILES string of the molecule is CN(C)C(=S)NC(=O)c1ccccc1Cl. The van der Waals surface area contributed by atoms with Gasteiger partial charge < -0.3 is 4.90 Å². The summed E-state index contributed by atoms with van der Waals surface area (Å²) in [6.45, 7) is 0. The van der Waals surface area contributed by atoms with E-state index in [0.29, 0.717) is 15.7 Å². The third-order valence-corrected chi connectivity index (χ3v) is 2.54. The summed E-state index contributed by atoms with van der Waals surface area (Å²) in [5.74, 6) is -0.292. The molecule has 0 unspecified atom stereocenters. The highest BCUT2D eigenvalue weighted by Gasteiger charge is 2.11. The predicted molar refractivity (Wildman–Crippen MR) is 65.2 cm³/mol. The molecule has 0 spiro atoms. The zero-order valence-electron chi connectivity index (χ0n) is 8.45. The average Bonchev–Trinajstić information content (AvgIpc) is 2.18. The number of hydrogen-bond acceptors (Lipinski definition) is 2. The standard InChI is InChI=1S/C10H11ClN2OS/c1-13(2)10(15)12-9(14)7-5-3-4-6-8(7)11/h3-6H,1-2H3,(H,12,14,15). The van der Waals surface area contributed by atoms with E-state index in [2.05, 4.69) is 5.32 Å². The topological polar surface area (TPSA) is 32.3 Å². The summed E-state index contributed by atoms with van der Waals surface area (Å²) >= 11 is 10.8. The Morgan fingerprint density at radius 1 is 1.40 bits per heavy atom. The monoisotopic (exact) mass is 242 g/mol. The van der Waals surface area contributed by atoms with Crippen LogP contribution in [0.15, 0.2) is 24.3 Å². The number of carbonyl (C=O) groups excluding carboxylic acids is 1. The van der Waals surface area contributed by atoms with Crippen LogP contribution in [-0.2, 0) is 0 Å². The number of thiocarbonyl (C=S) groups is 1. The quantitative estimate of drug-likeness (QED) is 0.764. The molecule has 0 saturated heterocycles. The smallest absolute Gasteiger partial charge is 0.258 e. The van der Waals surface area contributed by atoms with E-state index in [9.17, 15) is 4.79 Å². The Kier molecular flexibility index (Phi) is 4.05. The summed E-state index contributed by atoms with van der Waals surface area (Å²) in [6, 6.07) is 6.83. The van der Waals surface area contributed by atoms with Gasteiger partial charge in [-0.05, 0) is 24.4 Å². The molecule has 1 amide bonds. The number of rotatable bonds is 1. The van der Waals surface area contributed by atoms with Crippen LogP contribution in [0.5, 0.6) is 0 Å². The third kappa shape index (κ3) is 3.18. The largest absolute Gasteiger partial charge is 0.355 e. The van der Waals surface area contributed by atoms with Gasteiger partial charge in [-0.15, -0.1) is 0 Å². The van der Waals surface area contributed by atoms with Crippen LogP contribution in [0.1, 0.15) is 10.4 Å². The molecule has 5 heteroatoms. The normalized spacial score (nSPS) is 9.53. The van der Waals surface area contributed by atoms with Gasteiger partial charge in [0.2, 0.25) is 0 Å². The molecule has 0 aliphatic rings. The lowest BCUT2D eigenvalue weighted by molar-refractivity contribution is 0.0974. The van der Waals surface area contributed by atoms with Gasteiger partial charge in [0.1, 0.15) is 0 Å². The number of carbonyl (C=O) groups is 1. The number of nitrogens with one attached hydrogen (secondary N) is 1. The van der Waals surface area contributed by atoms with E-state index < -0.39 is 0 Å². The Balaban J connectivity index is 2.79. The summed E-state index contributed by atoms with van der Waals surface area (Å²) in [6.07, 6.45) is 0. The second-order valence-corrected chi connectivity index (χ2v) is 3.93. The molecule has 0 atom stereocenters. The highest BCUT2D eigenvalue weighted by molar-refractivity contribution is 7.80. The average molecular weight is 243 g/mol. The Hall–Kier alpha value is -1.13. The van der Waals surface area contributed by atoms with Crippen molar-refractivity contribution >= 4 is 34.8 Å². The minimum Gasteiger partial charge on any atom is -0.355 e. The van der Waals surface area contributed by atoms with E-state index in [1.54, 1.807) is 43.3 Å². The molecule has 0 radical (unpaired) electrons. The Labute approximate surface area is 99.0 Å². The molecule has 1 aromatic carbocycles. The molecule has 0 fully saturated rings. The first kappa shape index (κ1) is 11.9. The molecule has 0 saturated carbocycles. The molecular weight excluding hydrogens is 232 g/mol. The van der Waals surface area contributed by atoms with E-state index >= 15 is 0 Å². The lowest BCUT2D eigenvalue weighted by atomic mass is 10.2. The van der Waals surface area contributed by atoms with Crippen molar-refractivity contribution < 1.29 is 4.79 Å². The molecule has 0 aliphatic carbocycles. The number of benzene rings is 1. The summed E-state index contributed by atoms with van der Waals surface area (Å²) in [5, 5.41) is 3.34. The van der Waals surface area contributed by atoms with Gasteiger partial charge in [-0.3, -0.25) is 10.1 Å². The van der Waals surface area contributed by atoms with Gasteiger partial charge in [0.25, 0.3) is 5.91 Å². The van der Waals surface area contributed by atoms with Crippen molar-refractivity contribution in [2.45, 2.75) is 0 Å². The van der Waals surface area contributed by atoms with Gasteiger partial charge in [0.05, 0.1) is 10.6 Å². The van der Waals surface area contributed by atoms with Crippen LogP contribution >= 0.6 is 23.8 Å². The second-order valence-electron chi connectivity index (χ2n) is 3.13. The van der Waals surface area contributed by atoms with Gasteiger partial charge >= 0.3 is 0 Å². The van der Waals surface area contributed by atoms with Crippen LogP contribution < -0.4 is 5.32 Å². The molecule has 0 bridgehead atoms. The van der Waals surface area contributed by atoms with Crippen molar-refractivity contribution in [2.24, 2.45) is 0 Å². The van der Waals surface area contributed by atoms with Crippen LogP contribution in [0.4, 0.5) is 0 Å². The van der Waals surface area contributed by atoms with Crippen molar-refractivity contribution in [3.8, 4) is 0 Å². The lowest BCUT2D eigenvalue weighted by Crippen LogP contribution is -2.38. The second kappa shape index (κ2) is 5.09. The van der Waals surface area contributed by atoms with Gasteiger partial charge in [-0.25, -0.2) is 0 Å². The van der Waals surface area contributed by atoms with Crippen LogP contribution in [0, 0.1) is 0 Å². The molecule has 15 heavy (non-hydrogen) atoms. The molecule has 0 aliphatic heterocycles. The molecule has 1 aromatic rings. The molecule has 1 rings (SSSR count). The maximum atomic E-state index is 11.7. The van der Waals surface area contributed by atoms with E-state index in [-0.39, 0.29) is 5.91 Å². The maximum Gasteiger partial charge on any atom is 0.258 e. The van der Waals surface area contributed by atoms with E-state index in [1.165, 1.54) is 0 Å². The molecule has 3 nitrogen and oxygen atoms in total. The van der Waals surface area contributed by atoms with Crippen molar-refractivity contribution in [3.05, 3.63) is 34.9 Å². The summed E-state index contributed by atoms with van der Waals surface area (Å²) in [5.41, 5.74) is 0.420. The minimum absolute atomic E-state index is 0.292. The highest BCUT2D eigenvalue weighted by Crippen LogP contribution is 2.14. The molecule has 0 heterocycles. The highest BCUT2D eigenvalue weighted by atomic mass is 35.5.